The lowest BCUT2D eigenvalue weighted by molar-refractivity contribution is 0.0573. The van der Waals surface area contributed by atoms with Gasteiger partial charge in [0.2, 0.25) is 0 Å². The van der Waals surface area contributed by atoms with Crippen LogP contribution in [0.4, 0.5) is 0 Å². The molecule has 2 fully saturated rings. The molecule has 2 nitrogen and oxygen atoms in total. The Labute approximate surface area is 96.9 Å². The van der Waals surface area contributed by atoms with Crippen LogP contribution in [0, 0.1) is 5.92 Å². The molecule has 3 rings (SSSR count). The zero-order chi connectivity index (χ0) is 11.1. The van der Waals surface area contributed by atoms with Gasteiger partial charge in [0.15, 0.2) is 0 Å². The van der Waals surface area contributed by atoms with E-state index in [0.717, 1.165) is 13.0 Å². The SMILES string of the molecule is CC(c1ccccc1)N1C[C@@H]2C[C@H]1C[C@H]2O. The molecule has 0 aromatic heterocycles. The standard InChI is InChI=1S/C14H19NO/c1-10(11-5-3-2-4-6-11)15-9-12-7-13(15)8-14(12)16/h2-6,10,12-14,16H,7-9H2,1H3/t10?,12-,13-,14+/m0/s1. The third kappa shape index (κ3) is 1.57. The van der Waals surface area contributed by atoms with Crippen LogP contribution < -0.4 is 0 Å². The lowest BCUT2D eigenvalue weighted by atomic mass is 10.0. The summed E-state index contributed by atoms with van der Waals surface area (Å²) in [4.78, 5) is 2.56. The maximum Gasteiger partial charge on any atom is 0.0596 e. The Bertz CT molecular complexity index is 362. The predicted molar refractivity (Wildman–Crippen MR) is 64.1 cm³/mol. The molecule has 0 amide bonds. The highest BCUT2D eigenvalue weighted by atomic mass is 16.3. The number of likely N-dealkylation sites (tertiary alicyclic amines) is 1. The smallest absolute Gasteiger partial charge is 0.0596 e. The maximum atomic E-state index is 9.76. The lowest BCUT2D eigenvalue weighted by Crippen LogP contribution is -2.39. The molecule has 1 aliphatic heterocycles. The van der Waals surface area contributed by atoms with Crippen LogP contribution >= 0.6 is 0 Å². The first-order valence-corrected chi connectivity index (χ1v) is 6.24. The molecule has 2 aliphatic rings. The quantitative estimate of drug-likeness (QED) is 0.821. The highest BCUT2D eigenvalue weighted by molar-refractivity contribution is 5.19. The molecule has 1 aromatic rings. The van der Waals surface area contributed by atoms with Gasteiger partial charge >= 0.3 is 0 Å². The van der Waals surface area contributed by atoms with Crippen molar-refractivity contribution in [3.05, 3.63) is 35.9 Å². The van der Waals surface area contributed by atoms with E-state index in [9.17, 15) is 5.11 Å². The van der Waals surface area contributed by atoms with Crippen molar-refractivity contribution in [3.8, 4) is 0 Å². The summed E-state index contributed by atoms with van der Waals surface area (Å²) >= 11 is 0. The van der Waals surface area contributed by atoms with Crippen molar-refractivity contribution in [2.45, 2.75) is 38.0 Å². The molecular weight excluding hydrogens is 198 g/mol. The molecule has 1 saturated heterocycles. The monoisotopic (exact) mass is 217 g/mol. The topological polar surface area (TPSA) is 23.5 Å². The van der Waals surface area contributed by atoms with Crippen LogP contribution in [0.25, 0.3) is 0 Å². The largest absolute Gasteiger partial charge is 0.393 e. The molecule has 0 radical (unpaired) electrons. The fourth-order valence-electron chi connectivity index (χ4n) is 3.36. The molecule has 1 heterocycles. The molecule has 1 N–H and O–H groups in total. The third-order valence-corrected chi connectivity index (χ3v) is 4.33. The van der Waals surface area contributed by atoms with Crippen molar-refractivity contribution in [2.75, 3.05) is 6.54 Å². The molecule has 2 bridgehead atoms. The number of rotatable bonds is 2. The van der Waals surface area contributed by atoms with E-state index in [4.69, 9.17) is 0 Å². The third-order valence-electron chi connectivity index (χ3n) is 4.33. The normalized spacial score (nSPS) is 35.5. The Kier molecular flexibility index (Phi) is 2.49. The van der Waals surface area contributed by atoms with E-state index in [0.29, 0.717) is 18.0 Å². The van der Waals surface area contributed by atoms with Gasteiger partial charge in [0.25, 0.3) is 0 Å². The number of aliphatic hydroxyl groups excluding tert-OH is 1. The molecule has 1 aromatic carbocycles. The van der Waals surface area contributed by atoms with Gasteiger partial charge in [0, 0.05) is 18.6 Å². The molecule has 1 unspecified atom stereocenters. The minimum absolute atomic E-state index is 0.0378. The van der Waals surface area contributed by atoms with Crippen LogP contribution in [0.15, 0.2) is 30.3 Å². The molecule has 16 heavy (non-hydrogen) atoms. The van der Waals surface area contributed by atoms with Crippen molar-refractivity contribution in [1.82, 2.24) is 4.90 Å². The van der Waals surface area contributed by atoms with Crippen LogP contribution in [0.5, 0.6) is 0 Å². The second-order valence-corrected chi connectivity index (χ2v) is 5.24. The van der Waals surface area contributed by atoms with Gasteiger partial charge in [-0.15, -0.1) is 0 Å². The van der Waals surface area contributed by atoms with Crippen LogP contribution in [-0.4, -0.2) is 28.7 Å². The summed E-state index contributed by atoms with van der Waals surface area (Å²) in [5.74, 6) is 0.524. The second kappa shape index (κ2) is 3.86. The molecule has 4 atom stereocenters. The zero-order valence-corrected chi connectivity index (χ0v) is 9.71. The molecule has 0 spiro atoms. The van der Waals surface area contributed by atoms with Gasteiger partial charge in [-0.2, -0.15) is 0 Å². The van der Waals surface area contributed by atoms with E-state index in [-0.39, 0.29) is 6.10 Å². The van der Waals surface area contributed by atoms with Gasteiger partial charge in [-0.25, -0.2) is 0 Å². The summed E-state index contributed by atoms with van der Waals surface area (Å²) in [5, 5.41) is 9.76. The van der Waals surface area contributed by atoms with Crippen molar-refractivity contribution < 1.29 is 5.11 Å². The van der Waals surface area contributed by atoms with Gasteiger partial charge in [-0.1, -0.05) is 30.3 Å². The number of aliphatic hydroxyl groups is 1. The first kappa shape index (κ1) is 10.3. The van der Waals surface area contributed by atoms with Gasteiger partial charge in [0.1, 0.15) is 0 Å². The van der Waals surface area contributed by atoms with Crippen LogP contribution in [0.1, 0.15) is 31.4 Å². The minimum Gasteiger partial charge on any atom is -0.393 e. The Hall–Kier alpha value is -0.860. The van der Waals surface area contributed by atoms with Crippen molar-refractivity contribution in [3.63, 3.8) is 0 Å². The first-order valence-electron chi connectivity index (χ1n) is 6.24. The highest BCUT2D eigenvalue weighted by Gasteiger charge is 2.45. The summed E-state index contributed by atoms with van der Waals surface area (Å²) < 4.78 is 0. The predicted octanol–water partition coefficient (Wildman–Crippen LogP) is 2.20. The Balaban J connectivity index is 1.76. The summed E-state index contributed by atoms with van der Waals surface area (Å²) in [6.45, 7) is 3.35. The number of benzene rings is 1. The first-order chi connectivity index (χ1) is 7.75. The van der Waals surface area contributed by atoms with Crippen LogP contribution in [-0.2, 0) is 0 Å². The number of piperidine rings is 1. The summed E-state index contributed by atoms with van der Waals surface area (Å²) in [5.41, 5.74) is 1.39. The van der Waals surface area contributed by atoms with E-state index >= 15 is 0 Å². The summed E-state index contributed by atoms with van der Waals surface area (Å²) in [6, 6.07) is 11.8. The van der Waals surface area contributed by atoms with E-state index in [2.05, 4.69) is 42.2 Å². The molecule has 2 heteroatoms. The second-order valence-electron chi connectivity index (χ2n) is 5.24. The van der Waals surface area contributed by atoms with Crippen molar-refractivity contribution in [1.29, 1.82) is 0 Å². The van der Waals surface area contributed by atoms with Gasteiger partial charge in [-0.05, 0) is 31.2 Å². The van der Waals surface area contributed by atoms with Gasteiger partial charge in [-0.3, -0.25) is 4.90 Å². The number of hydrogen-bond donors (Lipinski definition) is 1. The van der Waals surface area contributed by atoms with Gasteiger partial charge < -0.3 is 5.11 Å². The van der Waals surface area contributed by atoms with Crippen molar-refractivity contribution in [2.24, 2.45) is 5.92 Å². The van der Waals surface area contributed by atoms with Gasteiger partial charge in [0.05, 0.1) is 6.10 Å². The van der Waals surface area contributed by atoms with E-state index in [1.165, 1.54) is 12.0 Å². The molecular formula is C14H19NO. The van der Waals surface area contributed by atoms with Crippen LogP contribution in [0.3, 0.4) is 0 Å². The minimum atomic E-state index is -0.0378. The Morgan fingerprint density at radius 1 is 1.25 bits per heavy atom. The highest BCUT2D eigenvalue weighted by Crippen LogP contribution is 2.41. The maximum absolute atomic E-state index is 9.76. The van der Waals surface area contributed by atoms with Crippen molar-refractivity contribution >= 4 is 0 Å². The average Bonchev–Trinajstić information content (AvgIpc) is 2.88. The number of nitrogens with zero attached hydrogens (tertiary/aromatic N) is 1. The Morgan fingerprint density at radius 3 is 2.56 bits per heavy atom. The van der Waals surface area contributed by atoms with E-state index < -0.39 is 0 Å². The molecule has 1 saturated carbocycles. The fourth-order valence-corrected chi connectivity index (χ4v) is 3.36. The van der Waals surface area contributed by atoms with E-state index in [1.807, 2.05) is 0 Å². The lowest BCUT2D eigenvalue weighted by Gasteiger charge is -2.34. The molecule has 86 valence electrons. The average molecular weight is 217 g/mol. The Morgan fingerprint density at radius 2 is 2.00 bits per heavy atom. The van der Waals surface area contributed by atoms with Crippen LogP contribution in [0.2, 0.25) is 0 Å². The molecule has 1 aliphatic carbocycles. The zero-order valence-electron chi connectivity index (χ0n) is 9.71. The van der Waals surface area contributed by atoms with E-state index in [1.54, 1.807) is 0 Å². The summed E-state index contributed by atoms with van der Waals surface area (Å²) in [7, 11) is 0. The number of fused-ring (bicyclic) bond motifs is 2. The number of hydrogen-bond acceptors (Lipinski definition) is 2. The fraction of sp³-hybridized carbons (Fsp3) is 0.571. The summed E-state index contributed by atoms with van der Waals surface area (Å²) in [6.07, 6.45) is 2.13.